The molecule has 10 nitrogen and oxygen atoms in total. The van der Waals surface area contributed by atoms with Crippen LogP contribution in [0.5, 0.6) is 5.75 Å². The van der Waals surface area contributed by atoms with Crippen molar-refractivity contribution >= 4 is 29.0 Å². The number of hydrogen-bond acceptors (Lipinski definition) is 7. The summed E-state index contributed by atoms with van der Waals surface area (Å²) in [6.07, 6.45) is -4.29. The lowest BCUT2D eigenvalue weighted by Crippen LogP contribution is -2.53. The quantitative estimate of drug-likeness (QED) is 0.230. The maximum atomic E-state index is 14.0. The van der Waals surface area contributed by atoms with Gasteiger partial charge in [0.2, 0.25) is 5.91 Å². The highest BCUT2D eigenvalue weighted by molar-refractivity contribution is 6.04. The third kappa shape index (κ3) is 6.40. The number of fused-ring (bicyclic) bond motifs is 1. The summed E-state index contributed by atoms with van der Waals surface area (Å²) in [5.74, 6) is -1.85. The number of benzene rings is 1. The number of piperidine rings is 1. The molecule has 2 amide bonds. The number of imidazole rings is 1. The number of carbonyl (C=O) groups excluding carboxylic acids is 2. The van der Waals surface area contributed by atoms with Crippen LogP contribution in [0.1, 0.15) is 60.3 Å². The Morgan fingerprint density at radius 1 is 1.02 bits per heavy atom. The van der Waals surface area contributed by atoms with E-state index < -0.39 is 47.6 Å². The Labute approximate surface area is 263 Å². The van der Waals surface area contributed by atoms with Crippen LogP contribution in [0.2, 0.25) is 0 Å². The highest BCUT2D eigenvalue weighted by Gasteiger charge is 2.51. The molecular weight excluding hydrogens is 632 g/mol. The molecule has 1 aromatic carbocycles. The van der Waals surface area contributed by atoms with Crippen LogP contribution in [0.4, 0.5) is 38.0 Å². The van der Waals surface area contributed by atoms with Crippen LogP contribution >= 0.6 is 0 Å². The summed E-state index contributed by atoms with van der Waals surface area (Å²) < 4.78 is 88.8. The van der Waals surface area contributed by atoms with Crippen molar-refractivity contribution in [3.8, 4) is 17.0 Å². The van der Waals surface area contributed by atoms with Gasteiger partial charge in [0.1, 0.15) is 40.5 Å². The number of nitrogens with two attached hydrogens (primary N) is 1. The van der Waals surface area contributed by atoms with Crippen LogP contribution < -0.4 is 15.8 Å². The van der Waals surface area contributed by atoms with E-state index in [0.717, 1.165) is 17.2 Å². The van der Waals surface area contributed by atoms with Gasteiger partial charge in [-0.3, -0.25) is 14.0 Å². The second-order valence-corrected chi connectivity index (χ2v) is 11.5. The average Bonchev–Trinajstić information content (AvgIpc) is 3.80. The van der Waals surface area contributed by atoms with Gasteiger partial charge in [-0.2, -0.15) is 26.3 Å². The Hall–Kier alpha value is -4.89. The monoisotopic (exact) mass is 661 g/mol. The van der Waals surface area contributed by atoms with E-state index in [-0.39, 0.29) is 48.9 Å². The number of nitrogens with zero attached hydrogens (tertiary/aromatic N) is 5. The number of hydrogen-bond donors (Lipinski definition) is 2. The van der Waals surface area contributed by atoms with Crippen molar-refractivity contribution in [3.05, 3.63) is 65.9 Å². The zero-order chi connectivity index (χ0) is 33.7. The Morgan fingerprint density at radius 2 is 1.79 bits per heavy atom. The smallest absolute Gasteiger partial charge is 0.416 e. The van der Waals surface area contributed by atoms with E-state index in [0.29, 0.717) is 41.5 Å². The molecule has 6 rings (SSSR count). The van der Waals surface area contributed by atoms with Gasteiger partial charge in [0.05, 0.1) is 12.2 Å². The molecule has 2 atom stereocenters. The molecule has 248 valence electrons. The summed E-state index contributed by atoms with van der Waals surface area (Å²) in [5, 5.41) is 2.36. The van der Waals surface area contributed by atoms with Crippen LogP contribution in [0.3, 0.4) is 0 Å². The standard InChI is InChI=1S/C31H29F6N7O3/c1-2-47-21-13-17(28(45)41-23-14-19(9-10-39-23)30(32,33)34)5-7-20(21)24-25-26(38)40-11-12-43(25)27(42-24)18-6-8-22(31(35,36)37)44(15-18)29(46)16-3-4-16/h5,7,9-14,16,18,22H,2-4,6,8,15H2,1H3,(H2,38,40)(H,39,41,45)/t18-,22+/m1/s1. The van der Waals surface area contributed by atoms with Gasteiger partial charge in [0.15, 0.2) is 0 Å². The molecule has 16 heteroatoms. The first-order valence-corrected chi connectivity index (χ1v) is 14.9. The predicted octanol–water partition coefficient (Wildman–Crippen LogP) is 6.09. The number of ether oxygens (including phenoxy) is 1. The molecule has 0 bridgehead atoms. The molecule has 1 saturated heterocycles. The lowest BCUT2D eigenvalue weighted by Gasteiger charge is -2.40. The van der Waals surface area contributed by atoms with E-state index in [1.807, 2.05) is 0 Å². The van der Waals surface area contributed by atoms with Crippen LogP contribution in [0, 0.1) is 5.92 Å². The fourth-order valence-corrected chi connectivity index (χ4v) is 5.89. The van der Waals surface area contributed by atoms with Crippen LogP contribution in [-0.4, -0.2) is 61.4 Å². The fraction of sp³-hybridized carbons (Fsp3) is 0.387. The first-order valence-electron chi connectivity index (χ1n) is 14.9. The number of anilines is 2. The number of aromatic nitrogens is 4. The van der Waals surface area contributed by atoms with E-state index in [4.69, 9.17) is 15.5 Å². The third-order valence-electron chi connectivity index (χ3n) is 8.27. The number of nitrogens with one attached hydrogen (secondary N) is 1. The fourth-order valence-electron chi connectivity index (χ4n) is 5.89. The van der Waals surface area contributed by atoms with E-state index in [1.165, 1.54) is 24.4 Å². The van der Waals surface area contributed by atoms with Crippen molar-refractivity contribution < 1.29 is 40.7 Å². The van der Waals surface area contributed by atoms with Gasteiger partial charge in [-0.25, -0.2) is 15.0 Å². The van der Waals surface area contributed by atoms with Crippen molar-refractivity contribution in [3.63, 3.8) is 0 Å². The molecular formula is C31H29F6N7O3. The normalized spacial score (nSPS) is 18.7. The molecule has 0 radical (unpaired) electrons. The molecule has 2 fully saturated rings. The van der Waals surface area contributed by atoms with Crippen molar-refractivity contribution in [2.75, 3.05) is 24.2 Å². The Morgan fingerprint density at radius 3 is 2.47 bits per heavy atom. The molecule has 0 unspecified atom stereocenters. The minimum atomic E-state index is -4.63. The third-order valence-corrected chi connectivity index (χ3v) is 8.27. The summed E-state index contributed by atoms with van der Waals surface area (Å²) in [5.41, 5.74) is 6.39. The van der Waals surface area contributed by atoms with E-state index >= 15 is 0 Å². The van der Waals surface area contributed by atoms with Crippen LogP contribution in [0.25, 0.3) is 16.8 Å². The second kappa shape index (κ2) is 12.0. The average molecular weight is 662 g/mol. The van der Waals surface area contributed by atoms with Gasteiger partial charge in [0.25, 0.3) is 5.91 Å². The number of amides is 2. The van der Waals surface area contributed by atoms with Gasteiger partial charge in [0, 0.05) is 48.1 Å². The zero-order valence-corrected chi connectivity index (χ0v) is 24.9. The SMILES string of the molecule is CCOc1cc(C(=O)Nc2cc(C(F)(F)F)ccn2)ccc1-c1nc([C@@H]2CC[C@@H](C(F)(F)F)N(C(=O)C3CC3)C2)n2ccnc(N)c12. The molecule has 3 aromatic heterocycles. The Balaban J connectivity index is 1.36. The predicted molar refractivity (Wildman–Crippen MR) is 157 cm³/mol. The molecule has 1 aliphatic heterocycles. The topological polar surface area (TPSA) is 128 Å². The van der Waals surface area contributed by atoms with Crippen LogP contribution in [-0.2, 0) is 11.0 Å². The highest BCUT2D eigenvalue weighted by Crippen LogP contribution is 2.43. The first kappa shape index (κ1) is 32.1. The van der Waals surface area contributed by atoms with Gasteiger partial charge in [-0.1, -0.05) is 0 Å². The molecule has 0 spiro atoms. The Kier molecular flexibility index (Phi) is 8.22. The minimum Gasteiger partial charge on any atom is -0.493 e. The lowest BCUT2D eigenvalue weighted by atomic mass is 9.91. The maximum absolute atomic E-state index is 14.0. The van der Waals surface area contributed by atoms with Crippen molar-refractivity contribution in [1.82, 2.24) is 24.3 Å². The van der Waals surface area contributed by atoms with Gasteiger partial charge in [-0.05, 0) is 62.9 Å². The van der Waals surface area contributed by atoms with Crippen molar-refractivity contribution in [2.24, 2.45) is 5.92 Å². The molecule has 47 heavy (non-hydrogen) atoms. The van der Waals surface area contributed by atoms with Crippen molar-refractivity contribution in [2.45, 2.75) is 56.9 Å². The molecule has 1 aliphatic carbocycles. The number of nitrogen functional groups attached to an aromatic ring is 1. The molecule has 4 aromatic rings. The van der Waals surface area contributed by atoms with Gasteiger partial charge < -0.3 is 20.7 Å². The largest absolute Gasteiger partial charge is 0.493 e. The second-order valence-electron chi connectivity index (χ2n) is 11.5. The Bertz CT molecular complexity index is 1840. The highest BCUT2D eigenvalue weighted by atomic mass is 19.4. The number of rotatable bonds is 7. The first-order chi connectivity index (χ1) is 22.3. The summed E-state index contributed by atoms with van der Waals surface area (Å²) in [6, 6.07) is 3.96. The zero-order valence-electron chi connectivity index (χ0n) is 24.9. The van der Waals surface area contributed by atoms with Crippen molar-refractivity contribution in [1.29, 1.82) is 0 Å². The summed E-state index contributed by atoms with van der Waals surface area (Å²) >= 11 is 0. The lowest BCUT2D eigenvalue weighted by molar-refractivity contribution is -0.197. The minimum absolute atomic E-state index is 0.0472. The molecule has 1 saturated carbocycles. The number of likely N-dealkylation sites (tertiary alicyclic amines) is 1. The summed E-state index contributed by atoms with van der Waals surface area (Å²) in [6.45, 7) is 1.70. The molecule has 4 heterocycles. The van der Waals surface area contributed by atoms with Crippen LogP contribution in [0.15, 0.2) is 48.9 Å². The van der Waals surface area contributed by atoms with E-state index in [2.05, 4.69) is 15.3 Å². The van der Waals surface area contributed by atoms with Gasteiger partial charge in [-0.15, -0.1) is 0 Å². The number of carbonyl (C=O) groups is 2. The summed E-state index contributed by atoms with van der Waals surface area (Å²) in [4.78, 5) is 39.8. The van der Waals surface area contributed by atoms with Gasteiger partial charge >= 0.3 is 12.4 Å². The van der Waals surface area contributed by atoms with E-state index in [9.17, 15) is 35.9 Å². The molecule has 2 aliphatic rings. The molecule has 3 N–H and O–H groups in total. The summed E-state index contributed by atoms with van der Waals surface area (Å²) in [7, 11) is 0. The van der Waals surface area contributed by atoms with E-state index in [1.54, 1.807) is 17.5 Å². The number of alkyl halides is 6. The number of halogens is 6. The number of pyridine rings is 1. The maximum Gasteiger partial charge on any atom is 0.416 e.